The standard InChI is InChI=1S/C14H18N2O2/c1-11-3-4-13(9-12(11)2)14(18)16-7-5-15(10-17)6-8-16/h3-4,9-10H,5-8H2,1-2H3. The van der Waals surface area contributed by atoms with E-state index >= 15 is 0 Å². The molecule has 1 aliphatic rings. The van der Waals surface area contributed by atoms with Crippen molar-refractivity contribution in [1.82, 2.24) is 9.80 Å². The Balaban J connectivity index is 2.07. The molecule has 0 unspecified atom stereocenters. The van der Waals surface area contributed by atoms with Gasteiger partial charge in [0.05, 0.1) is 0 Å². The second-order valence-electron chi connectivity index (χ2n) is 4.73. The Morgan fingerprint density at radius 3 is 2.33 bits per heavy atom. The molecule has 96 valence electrons. The molecule has 1 aromatic carbocycles. The van der Waals surface area contributed by atoms with Gasteiger partial charge in [-0.2, -0.15) is 0 Å². The van der Waals surface area contributed by atoms with Gasteiger partial charge in [0.1, 0.15) is 0 Å². The molecule has 1 fully saturated rings. The lowest BCUT2D eigenvalue weighted by molar-refractivity contribution is -0.119. The molecule has 0 atom stereocenters. The number of rotatable bonds is 2. The number of aryl methyl sites for hydroxylation is 2. The third-order valence-electron chi connectivity index (χ3n) is 3.50. The Hall–Kier alpha value is -1.84. The van der Waals surface area contributed by atoms with E-state index in [0.717, 1.165) is 17.5 Å². The van der Waals surface area contributed by atoms with Crippen LogP contribution in [0.1, 0.15) is 21.5 Å². The van der Waals surface area contributed by atoms with E-state index in [2.05, 4.69) is 0 Å². The van der Waals surface area contributed by atoms with E-state index in [-0.39, 0.29) is 5.91 Å². The van der Waals surface area contributed by atoms with E-state index in [0.29, 0.717) is 26.2 Å². The van der Waals surface area contributed by atoms with Gasteiger partial charge in [-0.25, -0.2) is 0 Å². The van der Waals surface area contributed by atoms with Crippen molar-refractivity contribution in [2.45, 2.75) is 13.8 Å². The zero-order valence-electron chi connectivity index (χ0n) is 10.8. The number of benzene rings is 1. The molecule has 1 heterocycles. The highest BCUT2D eigenvalue weighted by molar-refractivity contribution is 5.94. The van der Waals surface area contributed by atoms with Gasteiger partial charge in [-0.15, -0.1) is 0 Å². The van der Waals surface area contributed by atoms with Crippen LogP contribution in [0.4, 0.5) is 0 Å². The summed E-state index contributed by atoms with van der Waals surface area (Å²) in [6, 6.07) is 5.78. The lowest BCUT2D eigenvalue weighted by Gasteiger charge is -2.32. The third kappa shape index (κ3) is 2.53. The van der Waals surface area contributed by atoms with Gasteiger partial charge in [-0.05, 0) is 37.1 Å². The molecule has 0 spiro atoms. The van der Waals surface area contributed by atoms with Crippen molar-refractivity contribution in [3.05, 3.63) is 34.9 Å². The average Bonchev–Trinajstić information content (AvgIpc) is 2.41. The van der Waals surface area contributed by atoms with Crippen molar-refractivity contribution in [2.75, 3.05) is 26.2 Å². The van der Waals surface area contributed by atoms with Crippen molar-refractivity contribution in [3.63, 3.8) is 0 Å². The van der Waals surface area contributed by atoms with Crippen LogP contribution in [0, 0.1) is 13.8 Å². The normalized spacial score (nSPS) is 15.7. The van der Waals surface area contributed by atoms with Crippen LogP contribution in [-0.4, -0.2) is 48.3 Å². The van der Waals surface area contributed by atoms with Crippen molar-refractivity contribution in [3.8, 4) is 0 Å². The molecule has 0 aliphatic carbocycles. The van der Waals surface area contributed by atoms with Crippen LogP contribution in [-0.2, 0) is 4.79 Å². The largest absolute Gasteiger partial charge is 0.342 e. The first kappa shape index (κ1) is 12.6. The van der Waals surface area contributed by atoms with Gasteiger partial charge >= 0.3 is 0 Å². The molecule has 0 bridgehead atoms. The molecule has 2 rings (SSSR count). The van der Waals surface area contributed by atoms with E-state index in [4.69, 9.17) is 0 Å². The number of carbonyl (C=O) groups excluding carboxylic acids is 2. The first-order valence-electron chi connectivity index (χ1n) is 6.17. The molecular weight excluding hydrogens is 228 g/mol. The second kappa shape index (κ2) is 5.21. The fourth-order valence-corrected chi connectivity index (χ4v) is 2.09. The number of hydrogen-bond acceptors (Lipinski definition) is 2. The van der Waals surface area contributed by atoms with Crippen LogP contribution in [0.3, 0.4) is 0 Å². The highest BCUT2D eigenvalue weighted by Gasteiger charge is 2.21. The summed E-state index contributed by atoms with van der Waals surface area (Å²) in [5, 5.41) is 0. The molecule has 0 N–H and O–H groups in total. The molecule has 0 radical (unpaired) electrons. The van der Waals surface area contributed by atoms with E-state index in [1.807, 2.05) is 36.9 Å². The topological polar surface area (TPSA) is 40.6 Å². The van der Waals surface area contributed by atoms with Crippen molar-refractivity contribution in [1.29, 1.82) is 0 Å². The minimum absolute atomic E-state index is 0.0589. The van der Waals surface area contributed by atoms with E-state index in [1.165, 1.54) is 5.56 Å². The van der Waals surface area contributed by atoms with Gasteiger partial charge in [-0.3, -0.25) is 9.59 Å². The van der Waals surface area contributed by atoms with Gasteiger partial charge in [0.15, 0.2) is 0 Å². The Labute approximate surface area is 107 Å². The summed E-state index contributed by atoms with van der Waals surface area (Å²) in [6.45, 7) is 6.53. The van der Waals surface area contributed by atoms with E-state index in [1.54, 1.807) is 4.90 Å². The van der Waals surface area contributed by atoms with Gasteiger partial charge in [0.25, 0.3) is 5.91 Å². The highest BCUT2D eigenvalue weighted by Crippen LogP contribution is 2.13. The molecule has 0 aromatic heterocycles. The van der Waals surface area contributed by atoms with Gasteiger partial charge in [0, 0.05) is 31.7 Å². The lowest BCUT2D eigenvalue weighted by Crippen LogP contribution is -2.48. The van der Waals surface area contributed by atoms with Gasteiger partial charge in [-0.1, -0.05) is 6.07 Å². The summed E-state index contributed by atoms with van der Waals surface area (Å²) < 4.78 is 0. The number of hydrogen-bond donors (Lipinski definition) is 0. The SMILES string of the molecule is Cc1ccc(C(=O)N2CCN(C=O)CC2)cc1C. The maximum atomic E-state index is 12.3. The summed E-state index contributed by atoms with van der Waals surface area (Å²) in [5.74, 6) is 0.0589. The zero-order valence-corrected chi connectivity index (χ0v) is 10.8. The maximum Gasteiger partial charge on any atom is 0.253 e. The monoisotopic (exact) mass is 246 g/mol. The summed E-state index contributed by atoms with van der Waals surface area (Å²) in [6.07, 6.45) is 0.845. The Kier molecular flexibility index (Phi) is 3.65. The van der Waals surface area contributed by atoms with E-state index in [9.17, 15) is 9.59 Å². The van der Waals surface area contributed by atoms with Gasteiger partial charge in [0.2, 0.25) is 6.41 Å². The number of carbonyl (C=O) groups is 2. The van der Waals surface area contributed by atoms with Crippen LogP contribution in [0.25, 0.3) is 0 Å². The first-order chi connectivity index (χ1) is 8.61. The summed E-state index contributed by atoms with van der Waals surface area (Å²) >= 11 is 0. The average molecular weight is 246 g/mol. The Morgan fingerprint density at radius 2 is 1.78 bits per heavy atom. The maximum absolute atomic E-state index is 12.3. The minimum atomic E-state index is 0.0589. The number of piperazine rings is 1. The Bertz CT molecular complexity index is 463. The molecule has 18 heavy (non-hydrogen) atoms. The summed E-state index contributed by atoms with van der Waals surface area (Å²) in [7, 11) is 0. The smallest absolute Gasteiger partial charge is 0.253 e. The molecule has 1 aromatic rings. The molecule has 4 nitrogen and oxygen atoms in total. The molecule has 4 heteroatoms. The van der Waals surface area contributed by atoms with Crippen molar-refractivity contribution in [2.24, 2.45) is 0 Å². The van der Waals surface area contributed by atoms with Crippen molar-refractivity contribution >= 4 is 12.3 Å². The van der Waals surface area contributed by atoms with Crippen LogP contribution in [0.5, 0.6) is 0 Å². The number of amides is 2. The van der Waals surface area contributed by atoms with Crippen LogP contribution in [0.15, 0.2) is 18.2 Å². The van der Waals surface area contributed by atoms with Crippen molar-refractivity contribution < 1.29 is 9.59 Å². The zero-order chi connectivity index (χ0) is 13.1. The second-order valence-corrected chi connectivity index (χ2v) is 4.73. The summed E-state index contributed by atoms with van der Waals surface area (Å²) in [4.78, 5) is 26.4. The summed E-state index contributed by atoms with van der Waals surface area (Å²) in [5.41, 5.74) is 3.06. The predicted octanol–water partition coefficient (Wildman–Crippen LogP) is 1.22. The Morgan fingerprint density at radius 1 is 1.11 bits per heavy atom. The first-order valence-corrected chi connectivity index (χ1v) is 6.17. The van der Waals surface area contributed by atoms with E-state index < -0.39 is 0 Å². The fourth-order valence-electron chi connectivity index (χ4n) is 2.09. The molecule has 2 amide bonds. The molecule has 0 saturated carbocycles. The number of nitrogens with zero attached hydrogens (tertiary/aromatic N) is 2. The molecular formula is C14H18N2O2. The quantitative estimate of drug-likeness (QED) is 0.736. The highest BCUT2D eigenvalue weighted by atomic mass is 16.2. The lowest BCUT2D eigenvalue weighted by atomic mass is 10.1. The van der Waals surface area contributed by atoms with Crippen LogP contribution in [0.2, 0.25) is 0 Å². The third-order valence-corrected chi connectivity index (χ3v) is 3.50. The van der Waals surface area contributed by atoms with Gasteiger partial charge < -0.3 is 9.80 Å². The molecule has 1 aliphatic heterocycles. The fraction of sp³-hybridized carbons (Fsp3) is 0.429. The molecule has 1 saturated heterocycles. The minimum Gasteiger partial charge on any atom is -0.342 e. The predicted molar refractivity (Wildman–Crippen MR) is 69.5 cm³/mol. The van der Waals surface area contributed by atoms with Crippen LogP contribution < -0.4 is 0 Å². The van der Waals surface area contributed by atoms with Crippen LogP contribution >= 0.6 is 0 Å².